The normalized spacial score (nSPS) is 12.4. The molecule has 3 heteroatoms. The molecule has 1 heterocycles. The first-order chi connectivity index (χ1) is 7.88. The molecule has 0 unspecified atom stereocenters. The third kappa shape index (κ3) is 5.89. The first-order valence-electron chi connectivity index (χ1n) is 6.40. The fourth-order valence-corrected chi connectivity index (χ4v) is 1.59. The molecular formula is C14H26N2O. The van der Waals surface area contributed by atoms with Crippen molar-refractivity contribution < 1.29 is 4.74 Å². The molecule has 0 radical (unpaired) electrons. The lowest BCUT2D eigenvalue weighted by Crippen LogP contribution is -2.25. The van der Waals surface area contributed by atoms with E-state index in [9.17, 15) is 0 Å². The van der Waals surface area contributed by atoms with Crippen LogP contribution in [0.15, 0.2) is 18.3 Å². The van der Waals surface area contributed by atoms with Crippen LogP contribution in [0.5, 0.6) is 0 Å². The maximum Gasteiger partial charge on any atom is 0.0652 e. The minimum Gasteiger partial charge on any atom is -0.374 e. The standard InChI is InChI=1S/C14H26N2O/c1-12(2)15-11-13-7-6-8-16(13)9-10-17-14(3,4)5/h6-8,12,15H,9-11H2,1-5H3. The number of aromatic nitrogens is 1. The van der Waals surface area contributed by atoms with Crippen molar-refractivity contribution >= 4 is 0 Å². The van der Waals surface area contributed by atoms with E-state index in [2.05, 4.69) is 62.8 Å². The number of nitrogens with one attached hydrogen (secondary N) is 1. The molecule has 0 spiro atoms. The quantitative estimate of drug-likeness (QED) is 0.825. The third-order valence-corrected chi connectivity index (χ3v) is 2.48. The van der Waals surface area contributed by atoms with Gasteiger partial charge >= 0.3 is 0 Å². The molecule has 0 aliphatic heterocycles. The molecule has 0 saturated heterocycles. The van der Waals surface area contributed by atoms with Crippen molar-refractivity contribution in [2.45, 2.75) is 59.4 Å². The zero-order valence-corrected chi connectivity index (χ0v) is 11.8. The van der Waals surface area contributed by atoms with Crippen LogP contribution in [-0.4, -0.2) is 22.8 Å². The van der Waals surface area contributed by atoms with Gasteiger partial charge in [0.2, 0.25) is 0 Å². The number of hydrogen-bond acceptors (Lipinski definition) is 2. The van der Waals surface area contributed by atoms with Crippen LogP contribution in [-0.2, 0) is 17.8 Å². The van der Waals surface area contributed by atoms with Gasteiger partial charge < -0.3 is 14.6 Å². The Bertz CT molecular complexity index is 323. The maximum atomic E-state index is 5.74. The molecule has 3 nitrogen and oxygen atoms in total. The van der Waals surface area contributed by atoms with Gasteiger partial charge in [0, 0.05) is 31.0 Å². The molecule has 98 valence electrons. The van der Waals surface area contributed by atoms with Gasteiger partial charge in [-0.3, -0.25) is 0 Å². The van der Waals surface area contributed by atoms with Crippen molar-refractivity contribution in [3.63, 3.8) is 0 Å². The van der Waals surface area contributed by atoms with Gasteiger partial charge in [0.15, 0.2) is 0 Å². The van der Waals surface area contributed by atoms with E-state index in [0.717, 1.165) is 19.7 Å². The van der Waals surface area contributed by atoms with Crippen LogP contribution >= 0.6 is 0 Å². The summed E-state index contributed by atoms with van der Waals surface area (Å²) in [7, 11) is 0. The molecule has 1 aromatic heterocycles. The molecule has 17 heavy (non-hydrogen) atoms. The van der Waals surface area contributed by atoms with Gasteiger partial charge in [-0.2, -0.15) is 0 Å². The Morgan fingerprint density at radius 1 is 1.35 bits per heavy atom. The first-order valence-corrected chi connectivity index (χ1v) is 6.40. The molecule has 0 amide bonds. The zero-order chi connectivity index (χ0) is 12.9. The number of hydrogen-bond donors (Lipinski definition) is 1. The molecule has 1 aromatic rings. The topological polar surface area (TPSA) is 26.2 Å². The van der Waals surface area contributed by atoms with E-state index in [4.69, 9.17) is 4.74 Å². The Morgan fingerprint density at radius 2 is 2.06 bits per heavy atom. The third-order valence-electron chi connectivity index (χ3n) is 2.48. The molecule has 0 fully saturated rings. The van der Waals surface area contributed by atoms with Crippen LogP contribution in [0, 0.1) is 0 Å². The van der Waals surface area contributed by atoms with Crippen molar-refractivity contribution in [1.82, 2.24) is 9.88 Å². The fraction of sp³-hybridized carbons (Fsp3) is 0.714. The van der Waals surface area contributed by atoms with Crippen LogP contribution in [0.2, 0.25) is 0 Å². The van der Waals surface area contributed by atoms with Gasteiger partial charge in [-0.05, 0) is 32.9 Å². The van der Waals surface area contributed by atoms with Crippen molar-refractivity contribution in [3.8, 4) is 0 Å². The zero-order valence-electron chi connectivity index (χ0n) is 11.8. The highest BCUT2D eigenvalue weighted by atomic mass is 16.5. The van der Waals surface area contributed by atoms with Crippen molar-refractivity contribution in [1.29, 1.82) is 0 Å². The summed E-state index contributed by atoms with van der Waals surface area (Å²) in [5, 5.41) is 3.43. The lowest BCUT2D eigenvalue weighted by atomic mass is 10.2. The van der Waals surface area contributed by atoms with Gasteiger partial charge in [0.25, 0.3) is 0 Å². The highest BCUT2D eigenvalue weighted by Crippen LogP contribution is 2.08. The van der Waals surface area contributed by atoms with Crippen molar-refractivity contribution in [3.05, 3.63) is 24.0 Å². The Balaban J connectivity index is 2.40. The fourth-order valence-electron chi connectivity index (χ4n) is 1.59. The predicted molar refractivity (Wildman–Crippen MR) is 72.1 cm³/mol. The summed E-state index contributed by atoms with van der Waals surface area (Å²) in [5.41, 5.74) is 1.26. The van der Waals surface area contributed by atoms with Crippen LogP contribution in [0.4, 0.5) is 0 Å². The average Bonchev–Trinajstić information content (AvgIpc) is 2.60. The van der Waals surface area contributed by atoms with E-state index in [-0.39, 0.29) is 5.60 Å². The lowest BCUT2D eigenvalue weighted by Gasteiger charge is -2.20. The van der Waals surface area contributed by atoms with E-state index < -0.39 is 0 Å². The number of rotatable bonds is 6. The monoisotopic (exact) mass is 238 g/mol. The first kappa shape index (κ1) is 14.3. The van der Waals surface area contributed by atoms with Crippen LogP contribution < -0.4 is 5.32 Å². The van der Waals surface area contributed by atoms with Gasteiger partial charge in [0.05, 0.1) is 12.2 Å². The smallest absolute Gasteiger partial charge is 0.0652 e. The molecule has 0 saturated carbocycles. The SMILES string of the molecule is CC(C)NCc1cccn1CCOC(C)(C)C. The van der Waals surface area contributed by atoms with E-state index in [1.54, 1.807) is 0 Å². The predicted octanol–water partition coefficient (Wildman–Crippen LogP) is 2.80. The summed E-state index contributed by atoms with van der Waals surface area (Å²) in [6, 6.07) is 4.77. The largest absolute Gasteiger partial charge is 0.374 e. The van der Waals surface area contributed by atoms with Gasteiger partial charge in [-0.15, -0.1) is 0 Å². The highest BCUT2D eigenvalue weighted by Gasteiger charge is 2.09. The summed E-state index contributed by atoms with van der Waals surface area (Å²) in [6.07, 6.45) is 2.11. The van der Waals surface area contributed by atoms with E-state index in [0.29, 0.717) is 6.04 Å². The summed E-state index contributed by atoms with van der Waals surface area (Å²) < 4.78 is 7.99. The molecule has 1 rings (SSSR count). The molecular weight excluding hydrogens is 212 g/mol. The summed E-state index contributed by atoms with van der Waals surface area (Å²) in [4.78, 5) is 0. The molecule has 0 aromatic carbocycles. The minimum absolute atomic E-state index is 0.0521. The Kier molecular flexibility index (Phi) is 5.22. The van der Waals surface area contributed by atoms with Crippen LogP contribution in [0.3, 0.4) is 0 Å². The van der Waals surface area contributed by atoms with Crippen LogP contribution in [0.1, 0.15) is 40.3 Å². The van der Waals surface area contributed by atoms with Crippen molar-refractivity contribution in [2.24, 2.45) is 0 Å². The number of nitrogens with zero attached hydrogens (tertiary/aromatic N) is 1. The Morgan fingerprint density at radius 3 is 2.65 bits per heavy atom. The Hall–Kier alpha value is -0.800. The molecule has 0 atom stereocenters. The number of ether oxygens (including phenoxy) is 1. The molecule has 1 N–H and O–H groups in total. The minimum atomic E-state index is -0.0521. The van der Waals surface area contributed by atoms with Gasteiger partial charge in [-0.25, -0.2) is 0 Å². The van der Waals surface area contributed by atoms with E-state index >= 15 is 0 Å². The second kappa shape index (κ2) is 6.22. The summed E-state index contributed by atoms with van der Waals surface area (Å²) in [5.74, 6) is 0. The second-order valence-corrected chi connectivity index (χ2v) is 5.69. The second-order valence-electron chi connectivity index (χ2n) is 5.69. The molecule has 0 bridgehead atoms. The molecule has 0 aliphatic rings. The average molecular weight is 238 g/mol. The highest BCUT2D eigenvalue weighted by molar-refractivity contribution is 5.07. The van der Waals surface area contributed by atoms with Gasteiger partial charge in [-0.1, -0.05) is 13.8 Å². The van der Waals surface area contributed by atoms with Gasteiger partial charge in [0.1, 0.15) is 0 Å². The Labute approximate surface area is 105 Å². The summed E-state index contributed by atoms with van der Waals surface area (Å²) >= 11 is 0. The van der Waals surface area contributed by atoms with E-state index in [1.807, 2.05) is 0 Å². The summed E-state index contributed by atoms with van der Waals surface area (Å²) in [6.45, 7) is 13.2. The van der Waals surface area contributed by atoms with Crippen LogP contribution in [0.25, 0.3) is 0 Å². The lowest BCUT2D eigenvalue weighted by molar-refractivity contribution is -0.00703. The van der Waals surface area contributed by atoms with Crippen molar-refractivity contribution in [2.75, 3.05) is 6.61 Å². The maximum absolute atomic E-state index is 5.74. The molecule has 0 aliphatic carbocycles. The van der Waals surface area contributed by atoms with E-state index in [1.165, 1.54) is 5.69 Å².